The van der Waals surface area contributed by atoms with Gasteiger partial charge in [-0.2, -0.15) is 0 Å². The van der Waals surface area contributed by atoms with Crippen LogP contribution in [-0.4, -0.2) is 7.28 Å². The van der Waals surface area contributed by atoms with E-state index in [0.717, 1.165) is 52.7 Å². The van der Waals surface area contributed by atoms with E-state index in [0.29, 0.717) is 0 Å². The van der Waals surface area contributed by atoms with E-state index in [2.05, 4.69) is 319 Å². The number of nitrogens with one attached hydrogen (secondary N) is 1. The summed E-state index contributed by atoms with van der Waals surface area (Å²) in [5.74, 6) is 0. The van der Waals surface area contributed by atoms with Crippen LogP contribution in [0.4, 0.5) is 45.5 Å². The molecule has 0 aliphatic carbocycles. The average Bonchev–Trinajstić information content (AvgIpc) is 3.52. The smallest absolute Gasteiger partial charge is 0.198 e. The van der Waals surface area contributed by atoms with Crippen molar-refractivity contribution in [1.29, 1.82) is 0 Å². The van der Waals surface area contributed by atoms with Gasteiger partial charge in [0.25, 0.3) is 0 Å². The fourth-order valence-electron chi connectivity index (χ4n) is 11.1. The lowest BCUT2D eigenvalue weighted by Crippen LogP contribution is -2.41. The van der Waals surface area contributed by atoms with Crippen LogP contribution in [0.1, 0.15) is 5.56 Å². The number of benzene rings is 12. The predicted octanol–water partition coefficient (Wildman–Crippen LogP) is 18.4. The lowest BCUT2D eigenvalue weighted by atomic mass is 9.58. The molecule has 0 radical (unpaired) electrons. The van der Waals surface area contributed by atoms with Crippen LogP contribution >= 0.6 is 0 Å². The van der Waals surface area contributed by atoms with Crippen LogP contribution in [0.15, 0.2) is 297 Å². The van der Waals surface area contributed by atoms with Gasteiger partial charge in [0.15, 0.2) is 7.28 Å². The predicted molar refractivity (Wildman–Crippen MR) is 329 cm³/mol. The summed E-state index contributed by atoms with van der Waals surface area (Å²) in [5.41, 5.74) is 26.6. The molecule has 1 aliphatic heterocycles. The van der Waals surface area contributed by atoms with Gasteiger partial charge in [-0.3, -0.25) is 0 Å². The van der Waals surface area contributed by atoms with Crippen molar-refractivity contribution < 1.29 is 0 Å². The van der Waals surface area contributed by atoms with Gasteiger partial charge in [0, 0.05) is 51.1 Å². The van der Waals surface area contributed by atoms with Crippen molar-refractivity contribution in [1.82, 2.24) is 0 Å². The van der Waals surface area contributed by atoms with E-state index in [9.17, 15) is 0 Å². The number of nitrogens with zero attached hydrogens (tertiary/aromatic N) is 2. The van der Waals surface area contributed by atoms with Crippen molar-refractivity contribution in [3.05, 3.63) is 303 Å². The summed E-state index contributed by atoms with van der Waals surface area (Å²) in [4.78, 5) is 4.92. The molecule has 12 aromatic carbocycles. The summed E-state index contributed by atoms with van der Waals surface area (Å²) < 4.78 is 0. The van der Waals surface area contributed by atoms with E-state index in [1.54, 1.807) is 0 Å². The second-order valence-corrected chi connectivity index (χ2v) is 19.9. The van der Waals surface area contributed by atoms with Crippen LogP contribution in [0.25, 0.3) is 66.8 Å². The molecule has 0 fully saturated rings. The standard InChI is InChI=1S/C73H54BN3/c1-51-45-68(67-49-61(56-27-15-6-16-28-56)37-44-70(67)75-62-31-17-29-59(47-62)54-23-11-4-12-24-54)73-72(46-51)77(65-32-18-30-60(48-65)55-25-13-5-14-26-55)71-50-66(42-43-69(71)74-73)76(63-38-33-57(34-39-63)52-19-7-2-8-20-52)64-40-35-58(36-41-64)53-21-9-3-10-22-53/h2-50,74-75H,1H3. The maximum Gasteiger partial charge on any atom is 0.198 e. The Morgan fingerprint density at radius 2 is 0.766 bits per heavy atom. The zero-order chi connectivity index (χ0) is 51.5. The van der Waals surface area contributed by atoms with Crippen LogP contribution in [0, 0.1) is 6.92 Å². The molecule has 364 valence electrons. The third-order valence-corrected chi connectivity index (χ3v) is 14.9. The van der Waals surface area contributed by atoms with Gasteiger partial charge in [0.2, 0.25) is 0 Å². The average molecular weight is 984 g/mol. The van der Waals surface area contributed by atoms with Gasteiger partial charge in [-0.1, -0.05) is 224 Å². The summed E-state index contributed by atoms with van der Waals surface area (Å²) in [5, 5.41) is 3.93. The van der Waals surface area contributed by atoms with Gasteiger partial charge in [0.05, 0.1) is 0 Å². The van der Waals surface area contributed by atoms with Gasteiger partial charge in [0.1, 0.15) is 0 Å². The molecular weight excluding hydrogens is 930 g/mol. The monoisotopic (exact) mass is 983 g/mol. The molecule has 0 saturated carbocycles. The highest BCUT2D eigenvalue weighted by Gasteiger charge is 2.30. The first-order valence-electron chi connectivity index (χ1n) is 26.5. The molecule has 0 spiro atoms. The van der Waals surface area contributed by atoms with Crippen LogP contribution in [0.3, 0.4) is 0 Å². The Labute approximate surface area is 452 Å². The molecular formula is C73H54BN3. The Hall–Kier alpha value is -9.90. The molecule has 13 rings (SSSR count). The fraction of sp³-hybridized carbons (Fsp3) is 0.0137. The zero-order valence-corrected chi connectivity index (χ0v) is 42.9. The maximum absolute atomic E-state index is 3.93. The number of aryl methyl sites for hydroxylation is 1. The fourth-order valence-corrected chi connectivity index (χ4v) is 11.1. The van der Waals surface area contributed by atoms with Crippen molar-refractivity contribution in [2.45, 2.75) is 6.92 Å². The first-order chi connectivity index (χ1) is 38.1. The number of hydrogen-bond donors (Lipinski definition) is 1. The van der Waals surface area contributed by atoms with E-state index >= 15 is 0 Å². The summed E-state index contributed by atoms with van der Waals surface area (Å²) in [7, 11) is 0.742. The minimum Gasteiger partial charge on any atom is -0.355 e. The SMILES string of the molecule is Cc1cc(-c2cc(-c3ccccc3)ccc2Nc2cccc(-c3ccccc3)c2)c2c(c1)N(c1cccc(-c3ccccc3)c1)c1cc(N(c3ccc(-c4ccccc4)cc3)c3ccc(-c4ccccc4)cc3)ccc1B2. The molecule has 0 aromatic heterocycles. The molecule has 0 bridgehead atoms. The van der Waals surface area contributed by atoms with Crippen molar-refractivity contribution >= 4 is 63.7 Å². The largest absolute Gasteiger partial charge is 0.355 e. The van der Waals surface area contributed by atoms with Crippen LogP contribution in [-0.2, 0) is 0 Å². The van der Waals surface area contributed by atoms with Crippen molar-refractivity contribution in [2.75, 3.05) is 15.1 Å². The third-order valence-electron chi connectivity index (χ3n) is 14.9. The Morgan fingerprint density at radius 1 is 0.325 bits per heavy atom. The molecule has 0 atom stereocenters. The van der Waals surface area contributed by atoms with Gasteiger partial charge >= 0.3 is 0 Å². The first-order valence-corrected chi connectivity index (χ1v) is 26.5. The molecule has 4 heteroatoms. The Balaban J connectivity index is 0.983. The normalized spacial score (nSPS) is 11.5. The molecule has 0 saturated heterocycles. The lowest BCUT2D eigenvalue weighted by molar-refractivity contribution is 1.25. The van der Waals surface area contributed by atoms with Crippen LogP contribution in [0.2, 0.25) is 0 Å². The number of fused-ring (bicyclic) bond motifs is 2. The second kappa shape index (κ2) is 20.8. The van der Waals surface area contributed by atoms with Gasteiger partial charge in [-0.25, -0.2) is 0 Å². The summed E-state index contributed by atoms with van der Waals surface area (Å²) in [6, 6.07) is 108. The summed E-state index contributed by atoms with van der Waals surface area (Å²) in [6.45, 7) is 2.24. The van der Waals surface area contributed by atoms with E-state index in [1.165, 1.54) is 83.4 Å². The first kappa shape index (κ1) is 46.9. The molecule has 0 unspecified atom stereocenters. The summed E-state index contributed by atoms with van der Waals surface area (Å²) >= 11 is 0. The van der Waals surface area contributed by atoms with E-state index in [-0.39, 0.29) is 0 Å². The quantitative estimate of drug-likeness (QED) is 0.123. The van der Waals surface area contributed by atoms with Crippen LogP contribution < -0.4 is 26.0 Å². The van der Waals surface area contributed by atoms with Crippen molar-refractivity contribution in [2.24, 2.45) is 0 Å². The van der Waals surface area contributed by atoms with Crippen molar-refractivity contribution in [3.63, 3.8) is 0 Å². The van der Waals surface area contributed by atoms with E-state index in [1.807, 2.05) is 0 Å². The Kier molecular flexibility index (Phi) is 12.6. The molecule has 77 heavy (non-hydrogen) atoms. The molecule has 3 nitrogen and oxygen atoms in total. The van der Waals surface area contributed by atoms with E-state index < -0.39 is 0 Å². The van der Waals surface area contributed by atoms with Gasteiger partial charge in [-0.05, 0) is 158 Å². The number of hydrogen-bond acceptors (Lipinski definition) is 3. The van der Waals surface area contributed by atoms with Gasteiger partial charge in [-0.15, -0.1) is 0 Å². The molecule has 1 N–H and O–H groups in total. The highest BCUT2D eigenvalue weighted by atomic mass is 15.2. The maximum atomic E-state index is 3.93. The lowest BCUT2D eigenvalue weighted by Gasteiger charge is -2.37. The molecule has 12 aromatic rings. The minimum absolute atomic E-state index is 0.742. The molecule has 0 amide bonds. The van der Waals surface area contributed by atoms with E-state index in [4.69, 9.17) is 0 Å². The summed E-state index contributed by atoms with van der Waals surface area (Å²) in [6.07, 6.45) is 0. The highest BCUT2D eigenvalue weighted by molar-refractivity contribution is 6.73. The Morgan fingerprint density at radius 3 is 1.31 bits per heavy atom. The van der Waals surface area contributed by atoms with Crippen LogP contribution in [0.5, 0.6) is 0 Å². The number of anilines is 8. The topological polar surface area (TPSA) is 18.5 Å². The molecule has 1 aliphatic rings. The third kappa shape index (κ3) is 9.61. The Bertz CT molecular complexity index is 3930. The van der Waals surface area contributed by atoms with Crippen molar-refractivity contribution in [3.8, 4) is 66.8 Å². The highest BCUT2D eigenvalue weighted by Crippen LogP contribution is 2.45. The zero-order valence-electron chi connectivity index (χ0n) is 42.9. The minimum atomic E-state index is 0.742. The number of rotatable bonds is 12. The molecule has 1 heterocycles. The van der Waals surface area contributed by atoms with Gasteiger partial charge < -0.3 is 15.1 Å². The second-order valence-electron chi connectivity index (χ2n) is 19.9.